The van der Waals surface area contributed by atoms with E-state index in [-0.39, 0.29) is 5.91 Å². The van der Waals surface area contributed by atoms with Gasteiger partial charge in [-0.2, -0.15) is 0 Å². The van der Waals surface area contributed by atoms with Crippen molar-refractivity contribution in [3.05, 3.63) is 42.5 Å². The van der Waals surface area contributed by atoms with Gasteiger partial charge in [-0.15, -0.1) is 6.58 Å². The predicted octanol–water partition coefficient (Wildman–Crippen LogP) is 2.84. The van der Waals surface area contributed by atoms with Crippen molar-refractivity contribution in [2.45, 2.75) is 43.3 Å². The molecule has 0 unspecified atom stereocenters. The highest BCUT2D eigenvalue weighted by Gasteiger charge is 2.22. The first kappa shape index (κ1) is 17.7. The highest BCUT2D eigenvalue weighted by atomic mass is 32.2. The zero-order valence-electron chi connectivity index (χ0n) is 13.9. The summed E-state index contributed by atoms with van der Waals surface area (Å²) >= 11 is 0. The van der Waals surface area contributed by atoms with Gasteiger partial charge in [0.25, 0.3) is 0 Å². The molecule has 1 aromatic carbocycles. The number of carbonyl (C=O) groups is 1. The summed E-state index contributed by atoms with van der Waals surface area (Å²) < 4.78 is 24.2. The number of likely N-dealkylation sites (tertiary alicyclic amines) is 1. The lowest BCUT2D eigenvalue weighted by Crippen LogP contribution is -2.38. The number of carbonyl (C=O) groups excluding carboxylic acids is 1. The Labute approximate surface area is 139 Å². The Kier molecular flexibility index (Phi) is 5.63. The number of amides is 1. The fourth-order valence-electron chi connectivity index (χ4n) is 2.74. The Morgan fingerprint density at radius 3 is 2.30 bits per heavy atom. The molecule has 23 heavy (non-hydrogen) atoms. The third-order valence-corrected chi connectivity index (χ3v) is 6.62. The third-order valence-electron chi connectivity index (χ3n) is 4.45. The Balaban J connectivity index is 1.99. The van der Waals surface area contributed by atoms with E-state index >= 15 is 0 Å². The Bertz CT molecular complexity index is 654. The topological polar surface area (TPSA) is 54.5 Å². The lowest BCUT2D eigenvalue weighted by Gasteiger charge is -2.30. The molecule has 1 aromatic rings. The van der Waals surface area contributed by atoms with Crippen molar-refractivity contribution in [2.24, 2.45) is 5.92 Å². The van der Waals surface area contributed by atoms with Crippen LogP contribution in [0.2, 0.25) is 0 Å². The molecule has 1 aliphatic heterocycles. The normalized spacial score (nSPS) is 16.6. The fraction of sp³-hybridized carbons (Fsp3) is 0.500. The van der Waals surface area contributed by atoms with Gasteiger partial charge < -0.3 is 4.90 Å². The van der Waals surface area contributed by atoms with Crippen LogP contribution in [0.3, 0.4) is 0 Å². The molecule has 0 atom stereocenters. The van der Waals surface area contributed by atoms with Crippen LogP contribution in [0, 0.1) is 5.92 Å². The fourth-order valence-corrected chi connectivity index (χ4v) is 3.80. The summed E-state index contributed by atoms with van der Waals surface area (Å²) in [4.78, 5) is 14.5. The second-order valence-electron chi connectivity index (χ2n) is 6.37. The summed E-state index contributed by atoms with van der Waals surface area (Å²) in [6, 6.07) is 6.68. The predicted molar refractivity (Wildman–Crippen MR) is 92.0 cm³/mol. The van der Waals surface area contributed by atoms with Crippen LogP contribution in [0.4, 0.5) is 0 Å². The van der Waals surface area contributed by atoms with Gasteiger partial charge >= 0.3 is 0 Å². The van der Waals surface area contributed by atoms with Gasteiger partial charge in [-0.3, -0.25) is 4.79 Å². The monoisotopic (exact) mass is 335 g/mol. The molecule has 0 radical (unpaired) electrons. The maximum absolute atomic E-state index is 12.3. The number of benzene rings is 1. The molecule has 0 aromatic heterocycles. The van der Waals surface area contributed by atoms with E-state index in [9.17, 15) is 13.2 Å². The van der Waals surface area contributed by atoms with E-state index in [1.807, 2.05) is 11.0 Å². The van der Waals surface area contributed by atoms with Gasteiger partial charge in [0, 0.05) is 13.1 Å². The van der Waals surface area contributed by atoms with Crippen LogP contribution >= 0.6 is 0 Å². The van der Waals surface area contributed by atoms with Gasteiger partial charge in [0.2, 0.25) is 5.91 Å². The number of nitrogens with zero attached hydrogens (tertiary/aromatic N) is 1. The molecular formula is C18H25NO3S. The molecule has 1 amide bonds. The summed E-state index contributed by atoms with van der Waals surface area (Å²) in [6.07, 6.45) is 4.23. The molecule has 126 valence electrons. The molecule has 0 bridgehead atoms. The van der Waals surface area contributed by atoms with Crippen molar-refractivity contribution in [2.75, 3.05) is 13.1 Å². The number of hydrogen-bond donors (Lipinski definition) is 0. The Morgan fingerprint density at radius 1 is 1.26 bits per heavy atom. The van der Waals surface area contributed by atoms with Crippen LogP contribution < -0.4 is 0 Å². The number of rotatable bonds is 5. The minimum Gasteiger partial charge on any atom is -0.342 e. The number of hydrogen-bond acceptors (Lipinski definition) is 3. The minimum absolute atomic E-state index is 0.104. The van der Waals surface area contributed by atoms with E-state index < -0.39 is 15.1 Å². The first-order valence-corrected chi connectivity index (χ1v) is 9.62. The number of sulfone groups is 1. The van der Waals surface area contributed by atoms with Crippen LogP contribution in [0.1, 0.15) is 32.3 Å². The lowest BCUT2D eigenvalue weighted by atomic mass is 9.97. The van der Waals surface area contributed by atoms with Crippen molar-refractivity contribution in [3.63, 3.8) is 0 Å². The highest BCUT2D eigenvalue weighted by Crippen LogP contribution is 2.20. The molecule has 5 heteroatoms. The zero-order chi connectivity index (χ0) is 17.0. The summed E-state index contributed by atoms with van der Waals surface area (Å²) in [6.45, 7) is 8.69. The third kappa shape index (κ3) is 4.22. The van der Waals surface area contributed by atoms with Crippen molar-refractivity contribution in [1.29, 1.82) is 0 Å². The lowest BCUT2D eigenvalue weighted by molar-refractivity contribution is -0.131. The van der Waals surface area contributed by atoms with Crippen molar-refractivity contribution in [1.82, 2.24) is 4.90 Å². The van der Waals surface area contributed by atoms with E-state index in [0.717, 1.165) is 31.5 Å². The Morgan fingerprint density at radius 2 is 1.83 bits per heavy atom. The van der Waals surface area contributed by atoms with Crippen molar-refractivity contribution < 1.29 is 13.2 Å². The maximum atomic E-state index is 12.3. The molecule has 0 spiro atoms. The van der Waals surface area contributed by atoms with E-state index in [2.05, 4.69) is 6.58 Å². The zero-order valence-corrected chi connectivity index (χ0v) is 14.7. The molecule has 0 N–H and O–H groups in total. The van der Waals surface area contributed by atoms with Gasteiger partial charge in [0.15, 0.2) is 9.84 Å². The van der Waals surface area contributed by atoms with E-state index in [0.29, 0.717) is 17.2 Å². The van der Waals surface area contributed by atoms with Gasteiger partial charge in [-0.05, 0) is 50.3 Å². The summed E-state index contributed by atoms with van der Waals surface area (Å²) in [7, 11) is -3.26. The molecule has 0 aliphatic carbocycles. The summed E-state index contributed by atoms with van der Waals surface area (Å²) in [5.74, 6) is 0.617. The van der Waals surface area contributed by atoms with Gasteiger partial charge in [0.05, 0.1) is 16.6 Å². The first-order chi connectivity index (χ1) is 10.8. The van der Waals surface area contributed by atoms with E-state index in [1.54, 1.807) is 38.1 Å². The molecule has 1 saturated heterocycles. The summed E-state index contributed by atoms with van der Waals surface area (Å²) in [5.41, 5.74) is 0.851. The Hall–Kier alpha value is -1.62. The van der Waals surface area contributed by atoms with Gasteiger partial charge in [0.1, 0.15) is 0 Å². The van der Waals surface area contributed by atoms with Gasteiger partial charge in [-0.25, -0.2) is 8.42 Å². The second-order valence-corrected chi connectivity index (χ2v) is 8.87. The van der Waals surface area contributed by atoms with Crippen LogP contribution in [0.15, 0.2) is 41.8 Å². The molecule has 1 heterocycles. The summed E-state index contributed by atoms with van der Waals surface area (Å²) in [5, 5.41) is -0.443. The largest absolute Gasteiger partial charge is 0.342 e. The quantitative estimate of drug-likeness (QED) is 0.778. The number of allylic oxidation sites excluding steroid dienone is 1. The van der Waals surface area contributed by atoms with Crippen molar-refractivity contribution >= 4 is 15.7 Å². The minimum atomic E-state index is -3.26. The molecule has 4 nitrogen and oxygen atoms in total. The second kappa shape index (κ2) is 7.30. The van der Waals surface area contributed by atoms with Crippen LogP contribution in [0.25, 0.3) is 0 Å². The molecule has 1 aliphatic rings. The average Bonchev–Trinajstić information content (AvgIpc) is 2.55. The van der Waals surface area contributed by atoms with Crippen LogP contribution in [-0.2, 0) is 21.1 Å². The van der Waals surface area contributed by atoms with Crippen LogP contribution in [0.5, 0.6) is 0 Å². The highest BCUT2D eigenvalue weighted by molar-refractivity contribution is 7.92. The van der Waals surface area contributed by atoms with E-state index in [1.165, 1.54) is 0 Å². The SMILES string of the molecule is C=CC1CCN(C(=O)Cc2ccc(S(=O)(=O)C(C)C)cc2)CC1. The molecule has 2 rings (SSSR count). The number of piperidine rings is 1. The molecule has 1 fully saturated rings. The van der Waals surface area contributed by atoms with Crippen LogP contribution in [-0.4, -0.2) is 37.6 Å². The maximum Gasteiger partial charge on any atom is 0.226 e. The average molecular weight is 335 g/mol. The van der Waals surface area contributed by atoms with Crippen molar-refractivity contribution in [3.8, 4) is 0 Å². The molecule has 0 saturated carbocycles. The smallest absolute Gasteiger partial charge is 0.226 e. The van der Waals surface area contributed by atoms with Gasteiger partial charge in [-0.1, -0.05) is 18.2 Å². The van der Waals surface area contributed by atoms with E-state index in [4.69, 9.17) is 0 Å². The standard InChI is InChI=1S/C18H25NO3S/c1-4-15-9-11-19(12-10-15)18(20)13-16-5-7-17(8-6-16)23(21,22)14(2)3/h4-8,14-15H,1,9-13H2,2-3H3. The molecular weight excluding hydrogens is 310 g/mol. The first-order valence-electron chi connectivity index (χ1n) is 8.07.